The third-order valence-electron chi connectivity index (χ3n) is 4.66. The van der Waals surface area contributed by atoms with Crippen molar-refractivity contribution in [2.24, 2.45) is 0 Å². The van der Waals surface area contributed by atoms with Crippen LogP contribution in [0.25, 0.3) is 5.57 Å². The van der Waals surface area contributed by atoms with Crippen molar-refractivity contribution in [3.05, 3.63) is 99.8 Å². The number of hydrogen-bond acceptors (Lipinski definition) is 4. The van der Waals surface area contributed by atoms with Crippen LogP contribution < -0.4 is 0 Å². The fraction of sp³-hybridized carbons (Fsp3) is 0.130. The van der Waals surface area contributed by atoms with E-state index < -0.39 is 0 Å². The van der Waals surface area contributed by atoms with E-state index in [1.807, 2.05) is 66.7 Å². The van der Waals surface area contributed by atoms with Gasteiger partial charge in [0, 0.05) is 11.6 Å². The molecule has 1 aliphatic rings. The molecule has 0 fully saturated rings. The third-order valence-corrected chi connectivity index (χ3v) is 6.01. The molecule has 0 atom stereocenters. The number of carbonyl (C=O) groups is 2. The van der Waals surface area contributed by atoms with E-state index in [4.69, 9.17) is 16.0 Å². The van der Waals surface area contributed by atoms with Crippen molar-refractivity contribution in [3.8, 4) is 0 Å². The summed E-state index contributed by atoms with van der Waals surface area (Å²) in [5, 5.41) is 0.659. The zero-order valence-corrected chi connectivity index (χ0v) is 17.1. The Labute approximate surface area is 178 Å². The number of thioether (sulfide) groups is 1. The van der Waals surface area contributed by atoms with Crippen molar-refractivity contribution in [1.29, 1.82) is 0 Å². The highest BCUT2D eigenvalue weighted by Crippen LogP contribution is 2.37. The van der Waals surface area contributed by atoms with Gasteiger partial charge in [-0.25, -0.2) is 0 Å². The number of halogens is 1. The Morgan fingerprint density at radius 3 is 2.34 bits per heavy atom. The van der Waals surface area contributed by atoms with Gasteiger partial charge in [0.1, 0.15) is 5.76 Å². The van der Waals surface area contributed by atoms with E-state index in [9.17, 15) is 9.59 Å². The van der Waals surface area contributed by atoms with Crippen LogP contribution in [-0.2, 0) is 21.8 Å². The minimum atomic E-state index is -0.253. The smallest absolute Gasteiger partial charge is 0.268 e. The van der Waals surface area contributed by atoms with Gasteiger partial charge < -0.3 is 4.42 Å². The van der Waals surface area contributed by atoms with E-state index in [-0.39, 0.29) is 11.8 Å². The standard InChI is InChI=1S/C23H18ClNO3S/c24-18-10-8-16(9-11-18)12-13-25-22(26)20(17-5-2-1-3-6-17)21(23(25)27)29-15-19-7-4-14-28-19/h1-11,14H,12-13,15H2. The molecule has 2 amide bonds. The Balaban J connectivity index is 1.57. The quantitative estimate of drug-likeness (QED) is 0.491. The fourth-order valence-corrected chi connectivity index (χ4v) is 4.34. The molecule has 1 aromatic heterocycles. The predicted octanol–water partition coefficient (Wildman–Crippen LogP) is 5.19. The van der Waals surface area contributed by atoms with Crippen LogP contribution in [-0.4, -0.2) is 23.3 Å². The Morgan fingerprint density at radius 1 is 0.897 bits per heavy atom. The molecule has 0 radical (unpaired) electrons. The lowest BCUT2D eigenvalue weighted by Crippen LogP contribution is -2.33. The van der Waals surface area contributed by atoms with Crippen LogP contribution >= 0.6 is 23.4 Å². The van der Waals surface area contributed by atoms with Gasteiger partial charge in [-0.3, -0.25) is 14.5 Å². The van der Waals surface area contributed by atoms with Crippen molar-refractivity contribution >= 4 is 40.8 Å². The maximum absolute atomic E-state index is 13.2. The Hall–Kier alpha value is -2.76. The van der Waals surface area contributed by atoms with Gasteiger partial charge in [0.05, 0.1) is 22.5 Å². The van der Waals surface area contributed by atoms with E-state index in [0.717, 1.165) is 16.9 Å². The molecule has 3 aromatic rings. The highest BCUT2D eigenvalue weighted by Gasteiger charge is 2.38. The molecule has 2 aromatic carbocycles. The van der Waals surface area contributed by atoms with E-state index >= 15 is 0 Å². The van der Waals surface area contributed by atoms with E-state index in [1.165, 1.54) is 16.7 Å². The number of imide groups is 1. The summed E-state index contributed by atoms with van der Waals surface area (Å²) >= 11 is 7.27. The summed E-state index contributed by atoms with van der Waals surface area (Å²) in [7, 11) is 0. The molecule has 0 spiro atoms. The molecule has 0 bridgehead atoms. The number of benzene rings is 2. The minimum absolute atomic E-state index is 0.251. The molecule has 146 valence electrons. The topological polar surface area (TPSA) is 50.5 Å². The SMILES string of the molecule is O=C1C(SCc2ccco2)=C(c2ccccc2)C(=O)N1CCc1ccc(Cl)cc1. The van der Waals surface area contributed by atoms with E-state index in [2.05, 4.69) is 0 Å². The normalized spacial score (nSPS) is 14.2. The largest absolute Gasteiger partial charge is 0.468 e. The predicted molar refractivity (Wildman–Crippen MR) is 115 cm³/mol. The molecule has 4 nitrogen and oxygen atoms in total. The third kappa shape index (κ3) is 4.31. The molecule has 29 heavy (non-hydrogen) atoms. The maximum atomic E-state index is 13.2. The molecule has 6 heteroatoms. The second-order valence-electron chi connectivity index (χ2n) is 6.58. The van der Waals surface area contributed by atoms with Gasteiger partial charge in [-0.05, 0) is 41.8 Å². The lowest BCUT2D eigenvalue weighted by Gasteiger charge is -2.15. The van der Waals surface area contributed by atoms with Crippen molar-refractivity contribution in [3.63, 3.8) is 0 Å². The Kier molecular flexibility index (Phi) is 5.88. The first-order valence-electron chi connectivity index (χ1n) is 9.19. The number of carbonyl (C=O) groups excluding carboxylic acids is 2. The van der Waals surface area contributed by atoms with Gasteiger partial charge >= 0.3 is 0 Å². The molecular formula is C23H18ClNO3S. The fourth-order valence-electron chi connectivity index (χ4n) is 3.18. The van der Waals surface area contributed by atoms with E-state index in [0.29, 0.717) is 34.2 Å². The van der Waals surface area contributed by atoms with Gasteiger partial charge in [-0.15, -0.1) is 11.8 Å². The highest BCUT2D eigenvalue weighted by molar-refractivity contribution is 8.03. The Morgan fingerprint density at radius 2 is 1.66 bits per heavy atom. The number of furan rings is 1. The summed E-state index contributed by atoms with van der Waals surface area (Å²) in [4.78, 5) is 28.1. The first kappa shape index (κ1) is 19.6. The van der Waals surface area contributed by atoms with Crippen molar-refractivity contribution in [2.45, 2.75) is 12.2 Å². The van der Waals surface area contributed by atoms with E-state index in [1.54, 1.807) is 6.26 Å². The summed E-state index contributed by atoms with van der Waals surface area (Å²) in [5.41, 5.74) is 2.23. The van der Waals surface area contributed by atoms with Crippen LogP contribution in [0.1, 0.15) is 16.9 Å². The molecule has 0 saturated carbocycles. The van der Waals surface area contributed by atoms with Crippen LogP contribution in [0, 0.1) is 0 Å². The van der Waals surface area contributed by atoms with Crippen LogP contribution in [0.5, 0.6) is 0 Å². The molecule has 1 aliphatic heterocycles. The monoisotopic (exact) mass is 423 g/mol. The number of hydrogen-bond donors (Lipinski definition) is 0. The molecule has 2 heterocycles. The summed E-state index contributed by atoms with van der Waals surface area (Å²) in [6.45, 7) is 0.320. The Bertz CT molecular complexity index is 1040. The number of nitrogens with zero attached hydrogens (tertiary/aromatic N) is 1. The van der Waals surface area contributed by atoms with Crippen LogP contribution in [0.3, 0.4) is 0 Å². The zero-order chi connectivity index (χ0) is 20.2. The van der Waals surface area contributed by atoms with Gasteiger partial charge in [0.15, 0.2) is 0 Å². The van der Waals surface area contributed by atoms with Gasteiger partial charge in [0.25, 0.3) is 11.8 Å². The molecule has 0 aliphatic carbocycles. The molecule has 0 unspecified atom stereocenters. The summed E-state index contributed by atoms with van der Waals surface area (Å²) in [6, 6.07) is 20.4. The second kappa shape index (κ2) is 8.72. The molecule has 4 rings (SSSR count). The lowest BCUT2D eigenvalue weighted by molar-refractivity contribution is -0.136. The van der Waals surface area contributed by atoms with Crippen LogP contribution in [0.15, 0.2) is 82.3 Å². The minimum Gasteiger partial charge on any atom is -0.468 e. The maximum Gasteiger partial charge on any atom is 0.268 e. The summed E-state index contributed by atoms with van der Waals surface area (Å²) in [6.07, 6.45) is 2.18. The average Bonchev–Trinajstić information content (AvgIpc) is 3.33. The highest BCUT2D eigenvalue weighted by atomic mass is 35.5. The summed E-state index contributed by atoms with van der Waals surface area (Å²) in [5.74, 6) is 0.745. The van der Waals surface area contributed by atoms with Gasteiger partial charge in [-0.1, -0.05) is 54.1 Å². The number of amides is 2. The van der Waals surface area contributed by atoms with Crippen molar-refractivity contribution in [2.75, 3.05) is 6.54 Å². The second-order valence-corrected chi connectivity index (χ2v) is 8.00. The lowest BCUT2D eigenvalue weighted by atomic mass is 10.1. The van der Waals surface area contributed by atoms with Crippen molar-refractivity contribution < 1.29 is 14.0 Å². The van der Waals surface area contributed by atoms with Gasteiger partial charge in [0.2, 0.25) is 0 Å². The van der Waals surface area contributed by atoms with Crippen molar-refractivity contribution in [1.82, 2.24) is 4.90 Å². The first-order valence-corrected chi connectivity index (χ1v) is 10.6. The first-order chi connectivity index (χ1) is 14.1. The molecule has 0 N–H and O–H groups in total. The summed E-state index contributed by atoms with van der Waals surface area (Å²) < 4.78 is 5.37. The number of rotatable bonds is 7. The van der Waals surface area contributed by atoms with Gasteiger partial charge in [-0.2, -0.15) is 0 Å². The van der Waals surface area contributed by atoms with Crippen LogP contribution in [0.2, 0.25) is 5.02 Å². The van der Waals surface area contributed by atoms with Crippen LogP contribution in [0.4, 0.5) is 0 Å². The zero-order valence-electron chi connectivity index (χ0n) is 15.5. The molecular weight excluding hydrogens is 406 g/mol. The average molecular weight is 424 g/mol. The molecule has 0 saturated heterocycles.